The molecule has 1 aromatic carbocycles. The first kappa shape index (κ1) is 19.7. The van der Waals surface area contributed by atoms with Crippen molar-refractivity contribution in [2.45, 2.75) is 39.5 Å². The van der Waals surface area contributed by atoms with Gasteiger partial charge < -0.3 is 20.1 Å². The van der Waals surface area contributed by atoms with E-state index in [1.165, 1.54) is 0 Å². The molecule has 0 bridgehead atoms. The Labute approximate surface area is 154 Å². The Morgan fingerprint density at radius 1 is 1.12 bits per heavy atom. The third kappa shape index (κ3) is 6.72. The molecule has 0 saturated carbocycles. The zero-order valence-electron chi connectivity index (χ0n) is 15.6. The highest BCUT2D eigenvalue weighted by molar-refractivity contribution is 5.76. The average Bonchev–Trinajstić information content (AvgIpc) is 2.64. The Balaban J connectivity index is 1.82. The number of carbonyl (C=O) groups excluding carboxylic acids is 1. The maximum Gasteiger partial charge on any atom is 0.221 e. The van der Waals surface area contributed by atoms with Gasteiger partial charge in [0.1, 0.15) is 6.61 Å². The molecule has 6 nitrogen and oxygen atoms in total. The van der Waals surface area contributed by atoms with Gasteiger partial charge in [0.25, 0.3) is 0 Å². The van der Waals surface area contributed by atoms with Crippen LogP contribution in [0, 0.1) is 0 Å². The number of hydrogen-bond donors (Lipinski definition) is 2. The molecular weight excluding hydrogens is 330 g/mol. The molecule has 0 spiro atoms. The van der Waals surface area contributed by atoms with Crippen molar-refractivity contribution in [1.29, 1.82) is 0 Å². The molecule has 0 aliphatic rings. The van der Waals surface area contributed by atoms with Crippen LogP contribution in [0.1, 0.15) is 31.4 Å². The van der Waals surface area contributed by atoms with Crippen molar-refractivity contribution in [3.63, 3.8) is 0 Å². The maximum atomic E-state index is 11.6. The van der Waals surface area contributed by atoms with Crippen LogP contribution in [0.25, 0.3) is 0 Å². The van der Waals surface area contributed by atoms with Gasteiger partial charge >= 0.3 is 0 Å². The number of rotatable bonds is 10. The lowest BCUT2D eigenvalue weighted by atomic mass is 10.2. The average molecular weight is 357 g/mol. The molecular formula is C20H27N3O3. The molecule has 1 heterocycles. The van der Waals surface area contributed by atoms with E-state index in [1.807, 2.05) is 44.2 Å². The Morgan fingerprint density at radius 3 is 2.58 bits per heavy atom. The largest absolute Gasteiger partial charge is 0.493 e. The number of methoxy groups -OCH3 is 1. The molecule has 0 aliphatic heterocycles. The minimum Gasteiger partial charge on any atom is -0.493 e. The van der Waals surface area contributed by atoms with Crippen molar-refractivity contribution < 1.29 is 14.3 Å². The van der Waals surface area contributed by atoms with Gasteiger partial charge in [-0.3, -0.25) is 9.78 Å². The third-order valence-electron chi connectivity index (χ3n) is 3.68. The van der Waals surface area contributed by atoms with Crippen LogP contribution in [0.15, 0.2) is 42.7 Å². The second kappa shape index (κ2) is 10.4. The summed E-state index contributed by atoms with van der Waals surface area (Å²) in [5, 5.41) is 6.15. The van der Waals surface area contributed by atoms with Gasteiger partial charge in [-0.15, -0.1) is 0 Å². The van der Waals surface area contributed by atoms with E-state index < -0.39 is 0 Å². The number of hydrogen-bond acceptors (Lipinski definition) is 5. The predicted octanol–water partition coefficient (Wildman–Crippen LogP) is 2.67. The zero-order chi connectivity index (χ0) is 18.8. The summed E-state index contributed by atoms with van der Waals surface area (Å²) in [5.41, 5.74) is 2.12. The number of nitrogens with zero attached hydrogens (tertiary/aromatic N) is 1. The van der Waals surface area contributed by atoms with Crippen LogP contribution >= 0.6 is 0 Å². The van der Waals surface area contributed by atoms with E-state index in [2.05, 4.69) is 15.6 Å². The van der Waals surface area contributed by atoms with Crippen LogP contribution in [0.4, 0.5) is 0 Å². The fourth-order valence-electron chi connectivity index (χ4n) is 2.41. The number of aromatic nitrogens is 1. The first-order valence-electron chi connectivity index (χ1n) is 8.77. The number of carbonyl (C=O) groups is 1. The fraction of sp³-hybridized carbons (Fsp3) is 0.400. The zero-order valence-corrected chi connectivity index (χ0v) is 15.6. The molecule has 0 radical (unpaired) electrons. The first-order chi connectivity index (χ1) is 12.6. The molecule has 1 amide bonds. The molecule has 140 valence electrons. The number of nitrogens with one attached hydrogen (secondary N) is 2. The Kier molecular flexibility index (Phi) is 7.89. The van der Waals surface area contributed by atoms with Crippen LogP contribution in [-0.2, 0) is 17.9 Å². The number of benzene rings is 1. The van der Waals surface area contributed by atoms with Crippen LogP contribution in [0.2, 0.25) is 0 Å². The van der Waals surface area contributed by atoms with Crippen molar-refractivity contribution in [2.24, 2.45) is 0 Å². The van der Waals surface area contributed by atoms with Crippen molar-refractivity contribution in [1.82, 2.24) is 15.6 Å². The number of ether oxygens (including phenoxy) is 2. The molecule has 0 atom stereocenters. The molecule has 0 unspecified atom stereocenters. The van der Waals surface area contributed by atoms with Crippen LogP contribution < -0.4 is 20.1 Å². The molecule has 0 saturated heterocycles. The van der Waals surface area contributed by atoms with Crippen molar-refractivity contribution in [2.75, 3.05) is 13.7 Å². The molecule has 0 aliphatic carbocycles. The van der Waals surface area contributed by atoms with Gasteiger partial charge in [-0.2, -0.15) is 0 Å². The Morgan fingerprint density at radius 2 is 1.88 bits per heavy atom. The quantitative estimate of drug-likeness (QED) is 0.640. The van der Waals surface area contributed by atoms with Gasteiger partial charge in [0.2, 0.25) is 5.91 Å². The monoisotopic (exact) mass is 357 g/mol. The summed E-state index contributed by atoms with van der Waals surface area (Å²) in [7, 11) is 1.63. The summed E-state index contributed by atoms with van der Waals surface area (Å²) in [6, 6.07) is 9.85. The summed E-state index contributed by atoms with van der Waals surface area (Å²) in [6.07, 6.45) is 3.95. The summed E-state index contributed by atoms with van der Waals surface area (Å²) >= 11 is 0. The van der Waals surface area contributed by atoms with Crippen LogP contribution in [0.5, 0.6) is 11.5 Å². The van der Waals surface area contributed by atoms with Crippen molar-refractivity contribution in [3.05, 3.63) is 53.9 Å². The first-order valence-corrected chi connectivity index (χ1v) is 8.77. The summed E-state index contributed by atoms with van der Waals surface area (Å²) in [5.74, 6) is 1.45. The molecule has 2 N–H and O–H groups in total. The second-order valence-electron chi connectivity index (χ2n) is 6.28. The fourth-order valence-corrected chi connectivity index (χ4v) is 2.41. The molecule has 1 aromatic heterocycles. The standard InChI is InChI=1S/C20H27N3O3/c1-15(2)23-20(24)8-11-22-13-17-4-5-18(19(12-17)25-3)26-14-16-6-9-21-10-7-16/h4-7,9-10,12,15,22H,8,11,13-14H2,1-3H3,(H,23,24). The van der Waals surface area contributed by atoms with Gasteiger partial charge in [-0.25, -0.2) is 0 Å². The highest BCUT2D eigenvalue weighted by Crippen LogP contribution is 2.28. The molecule has 26 heavy (non-hydrogen) atoms. The summed E-state index contributed by atoms with van der Waals surface area (Å²) in [4.78, 5) is 15.6. The number of amides is 1. The Hall–Kier alpha value is -2.60. The van der Waals surface area contributed by atoms with E-state index in [9.17, 15) is 4.79 Å². The Bertz CT molecular complexity index is 690. The molecule has 2 rings (SSSR count). The van der Waals surface area contributed by atoms with Gasteiger partial charge in [0.05, 0.1) is 7.11 Å². The maximum absolute atomic E-state index is 11.6. The third-order valence-corrected chi connectivity index (χ3v) is 3.68. The minimum absolute atomic E-state index is 0.0601. The van der Waals surface area contributed by atoms with Gasteiger partial charge in [-0.05, 0) is 49.2 Å². The van der Waals surface area contributed by atoms with E-state index in [-0.39, 0.29) is 11.9 Å². The van der Waals surface area contributed by atoms with E-state index >= 15 is 0 Å². The predicted molar refractivity (Wildman–Crippen MR) is 101 cm³/mol. The molecule has 0 fully saturated rings. The van der Waals surface area contributed by atoms with E-state index in [4.69, 9.17) is 9.47 Å². The second-order valence-corrected chi connectivity index (χ2v) is 6.28. The van der Waals surface area contributed by atoms with Crippen LogP contribution in [-0.4, -0.2) is 30.6 Å². The lowest BCUT2D eigenvalue weighted by molar-refractivity contribution is -0.121. The number of pyridine rings is 1. The lowest BCUT2D eigenvalue weighted by Crippen LogP contribution is -2.32. The smallest absolute Gasteiger partial charge is 0.221 e. The topological polar surface area (TPSA) is 72.5 Å². The highest BCUT2D eigenvalue weighted by atomic mass is 16.5. The highest BCUT2D eigenvalue weighted by Gasteiger charge is 2.07. The van der Waals surface area contributed by atoms with Crippen LogP contribution in [0.3, 0.4) is 0 Å². The lowest BCUT2D eigenvalue weighted by Gasteiger charge is -2.13. The van der Waals surface area contributed by atoms with E-state index in [0.717, 1.165) is 11.1 Å². The van der Waals surface area contributed by atoms with E-state index in [1.54, 1.807) is 19.5 Å². The van der Waals surface area contributed by atoms with Crippen molar-refractivity contribution in [3.8, 4) is 11.5 Å². The van der Waals surface area contributed by atoms with Gasteiger partial charge in [-0.1, -0.05) is 6.07 Å². The summed E-state index contributed by atoms with van der Waals surface area (Å²) < 4.78 is 11.3. The normalized spacial score (nSPS) is 10.6. The molecule has 2 aromatic rings. The van der Waals surface area contributed by atoms with Crippen molar-refractivity contribution >= 4 is 5.91 Å². The molecule has 6 heteroatoms. The van der Waals surface area contributed by atoms with Gasteiger partial charge in [0.15, 0.2) is 11.5 Å². The summed E-state index contributed by atoms with van der Waals surface area (Å²) in [6.45, 7) is 5.66. The minimum atomic E-state index is 0.0601. The van der Waals surface area contributed by atoms with E-state index in [0.29, 0.717) is 37.6 Å². The SMILES string of the molecule is COc1cc(CNCCC(=O)NC(C)C)ccc1OCc1ccncc1. The van der Waals surface area contributed by atoms with Gasteiger partial charge in [0, 0.05) is 37.9 Å².